The first-order valence-electron chi connectivity index (χ1n) is 6.39. The first-order valence-corrected chi connectivity index (χ1v) is 8.28. The van der Waals surface area contributed by atoms with Gasteiger partial charge in [-0.3, -0.25) is 9.52 Å². The molecule has 0 unspecified atom stereocenters. The summed E-state index contributed by atoms with van der Waals surface area (Å²) >= 11 is 0. The van der Waals surface area contributed by atoms with E-state index >= 15 is 0 Å². The molecule has 0 radical (unpaired) electrons. The molecule has 0 bridgehead atoms. The summed E-state index contributed by atoms with van der Waals surface area (Å²) in [6.45, 7) is 0. The van der Waals surface area contributed by atoms with E-state index in [0.29, 0.717) is 16.8 Å². The molecule has 0 saturated heterocycles. The van der Waals surface area contributed by atoms with Crippen molar-refractivity contribution in [3.63, 3.8) is 0 Å². The lowest BCUT2D eigenvalue weighted by molar-refractivity contribution is 0.104. The van der Waals surface area contributed by atoms with E-state index in [-0.39, 0.29) is 11.6 Å². The third-order valence-corrected chi connectivity index (χ3v) is 3.35. The Bertz CT molecular complexity index is 812. The number of carbonyl (C=O) groups excluding carboxylic acids is 1. The molecule has 0 aliphatic carbocycles. The van der Waals surface area contributed by atoms with Crippen molar-refractivity contribution >= 4 is 27.6 Å². The third-order valence-electron chi connectivity index (χ3n) is 2.75. The van der Waals surface area contributed by atoms with Gasteiger partial charge in [-0.15, -0.1) is 0 Å². The summed E-state index contributed by atoms with van der Waals surface area (Å²) in [7, 11) is -3.35. The topological polar surface area (TPSA) is 63.2 Å². The van der Waals surface area contributed by atoms with Crippen LogP contribution in [0.4, 0.5) is 10.1 Å². The summed E-state index contributed by atoms with van der Waals surface area (Å²) in [6, 6.07) is 11.9. The Balaban J connectivity index is 2.10. The number of benzene rings is 2. The maximum absolute atomic E-state index is 13.0. The van der Waals surface area contributed by atoms with Gasteiger partial charge < -0.3 is 0 Å². The Kier molecular flexibility index (Phi) is 4.72. The van der Waals surface area contributed by atoms with Crippen LogP contribution in [-0.2, 0) is 10.0 Å². The fraction of sp³-hybridized carbons (Fsp3) is 0.0625. The van der Waals surface area contributed by atoms with Gasteiger partial charge >= 0.3 is 0 Å². The normalized spacial score (nSPS) is 11.5. The minimum atomic E-state index is -3.35. The Morgan fingerprint density at radius 1 is 1.14 bits per heavy atom. The lowest BCUT2D eigenvalue weighted by atomic mass is 10.1. The van der Waals surface area contributed by atoms with Crippen LogP contribution >= 0.6 is 0 Å². The third kappa shape index (κ3) is 4.82. The van der Waals surface area contributed by atoms with Gasteiger partial charge in [0.05, 0.1) is 6.26 Å². The van der Waals surface area contributed by atoms with E-state index in [2.05, 4.69) is 4.72 Å². The average Bonchev–Trinajstić information content (AvgIpc) is 2.44. The quantitative estimate of drug-likeness (QED) is 0.680. The van der Waals surface area contributed by atoms with Gasteiger partial charge in [-0.1, -0.05) is 18.2 Å². The van der Waals surface area contributed by atoms with Crippen LogP contribution in [0.3, 0.4) is 0 Å². The number of rotatable bonds is 5. The van der Waals surface area contributed by atoms with Gasteiger partial charge in [-0.25, -0.2) is 12.8 Å². The van der Waals surface area contributed by atoms with Crippen LogP contribution in [0.15, 0.2) is 54.6 Å². The van der Waals surface area contributed by atoms with Crippen molar-refractivity contribution in [2.45, 2.75) is 0 Å². The summed E-state index contributed by atoms with van der Waals surface area (Å²) in [4.78, 5) is 12.0. The predicted octanol–water partition coefficient (Wildman–Crippen LogP) is 3.09. The number of carbonyl (C=O) groups is 1. The van der Waals surface area contributed by atoms with Gasteiger partial charge in [0.1, 0.15) is 5.82 Å². The van der Waals surface area contributed by atoms with E-state index < -0.39 is 10.0 Å². The molecule has 0 aliphatic rings. The Hall–Kier alpha value is -2.47. The molecular formula is C16H14FNO3S. The Morgan fingerprint density at radius 2 is 1.82 bits per heavy atom. The molecule has 0 saturated carbocycles. The van der Waals surface area contributed by atoms with E-state index in [1.54, 1.807) is 12.1 Å². The zero-order chi connectivity index (χ0) is 16.2. The second-order valence-corrected chi connectivity index (χ2v) is 6.45. The molecule has 2 aromatic carbocycles. The standard InChI is InChI=1S/C16H14FNO3S/c1-22(20,21)18-15-8-6-13(7-9-15)16(19)10-5-12-3-2-4-14(17)11-12/h2-11,18H,1H3. The number of allylic oxidation sites excluding steroid dienone is 1. The number of anilines is 1. The largest absolute Gasteiger partial charge is 0.289 e. The maximum atomic E-state index is 13.0. The SMILES string of the molecule is CS(=O)(=O)Nc1ccc(C(=O)C=Cc2cccc(F)c2)cc1. The van der Waals surface area contributed by atoms with E-state index in [1.807, 2.05) is 0 Å². The predicted molar refractivity (Wildman–Crippen MR) is 84.7 cm³/mol. The molecule has 2 rings (SSSR count). The minimum absolute atomic E-state index is 0.254. The minimum Gasteiger partial charge on any atom is -0.289 e. The molecule has 0 heterocycles. The van der Waals surface area contributed by atoms with Crippen molar-refractivity contribution < 1.29 is 17.6 Å². The fourth-order valence-electron chi connectivity index (χ4n) is 1.80. The van der Waals surface area contributed by atoms with Gasteiger partial charge in [0.15, 0.2) is 5.78 Å². The number of halogens is 1. The zero-order valence-corrected chi connectivity index (χ0v) is 12.6. The van der Waals surface area contributed by atoms with Crippen molar-refractivity contribution in [3.8, 4) is 0 Å². The number of hydrogen-bond acceptors (Lipinski definition) is 3. The Morgan fingerprint density at radius 3 is 2.41 bits per heavy atom. The van der Waals surface area contributed by atoms with Crippen LogP contribution in [0.2, 0.25) is 0 Å². The molecule has 2 aromatic rings. The van der Waals surface area contributed by atoms with Gasteiger partial charge in [0.2, 0.25) is 10.0 Å². The highest BCUT2D eigenvalue weighted by molar-refractivity contribution is 7.92. The Labute approximate surface area is 128 Å². The lowest BCUT2D eigenvalue weighted by Gasteiger charge is -2.03. The molecule has 0 aliphatic heterocycles. The maximum Gasteiger partial charge on any atom is 0.229 e. The molecule has 0 fully saturated rings. The number of hydrogen-bond donors (Lipinski definition) is 1. The summed E-state index contributed by atoms with van der Waals surface area (Å²) in [6.07, 6.45) is 3.91. The van der Waals surface area contributed by atoms with E-state index in [1.165, 1.54) is 48.6 Å². The molecule has 0 spiro atoms. The van der Waals surface area contributed by atoms with Crippen LogP contribution in [0.1, 0.15) is 15.9 Å². The molecule has 6 heteroatoms. The van der Waals surface area contributed by atoms with Crippen LogP contribution in [0.5, 0.6) is 0 Å². The summed E-state index contributed by atoms with van der Waals surface area (Å²) in [5.74, 6) is -0.624. The van der Waals surface area contributed by atoms with E-state index in [9.17, 15) is 17.6 Å². The highest BCUT2D eigenvalue weighted by Gasteiger charge is 2.04. The zero-order valence-electron chi connectivity index (χ0n) is 11.8. The van der Waals surface area contributed by atoms with Crippen LogP contribution < -0.4 is 4.72 Å². The average molecular weight is 319 g/mol. The van der Waals surface area contributed by atoms with Crippen molar-refractivity contribution in [2.75, 3.05) is 11.0 Å². The lowest BCUT2D eigenvalue weighted by Crippen LogP contribution is -2.09. The smallest absolute Gasteiger partial charge is 0.229 e. The molecule has 0 atom stereocenters. The number of sulfonamides is 1. The number of ketones is 1. The van der Waals surface area contributed by atoms with Crippen LogP contribution in [0, 0.1) is 5.82 Å². The second-order valence-electron chi connectivity index (χ2n) is 4.70. The van der Waals surface area contributed by atoms with E-state index in [0.717, 1.165) is 6.26 Å². The van der Waals surface area contributed by atoms with Crippen molar-refractivity contribution in [3.05, 3.63) is 71.6 Å². The van der Waals surface area contributed by atoms with Crippen LogP contribution in [0.25, 0.3) is 6.08 Å². The van der Waals surface area contributed by atoms with Crippen LogP contribution in [-0.4, -0.2) is 20.5 Å². The monoisotopic (exact) mass is 319 g/mol. The molecule has 0 amide bonds. The molecular weight excluding hydrogens is 305 g/mol. The summed E-state index contributed by atoms with van der Waals surface area (Å²) < 4.78 is 37.5. The van der Waals surface area contributed by atoms with Gasteiger partial charge in [0.25, 0.3) is 0 Å². The van der Waals surface area contributed by atoms with Crippen molar-refractivity contribution in [1.82, 2.24) is 0 Å². The van der Waals surface area contributed by atoms with Crippen molar-refractivity contribution in [2.24, 2.45) is 0 Å². The molecule has 114 valence electrons. The summed E-state index contributed by atoms with van der Waals surface area (Å²) in [5.41, 5.74) is 1.38. The second kappa shape index (κ2) is 6.53. The van der Waals surface area contributed by atoms with Crippen molar-refractivity contribution in [1.29, 1.82) is 0 Å². The van der Waals surface area contributed by atoms with Gasteiger partial charge in [-0.2, -0.15) is 0 Å². The summed E-state index contributed by atoms with van der Waals surface area (Å²) in [5, 5.41) is 0. The van der Waals surface area contributed by atoms with Gasteiger partial charge in [-0.05, 0) is 48.0 Å². The van der Waals surface area contributed by atoms with Gasteiger partial charge in [0, 0.05) is 11.3 Å². The molecule has 0 aromatic heterocycles. The highest BCUT2D eigenvalue weighted by Crippen LogP contribution is 2.12. The first-order chi connectivity index (χ1) is 10.3. The number of nitrogens with one attached hydrogen (secondary N) is 1. The molecule has 22 heavy (non-hydrogen) atoms. The molecule has 1 N–H and O–H groups in total. The fourth-order valence-corrected chi connectivity index (χ4v) is 2.36. The van der Waals surface area contributed by atoms with E-state index in [4.69, 9.17) is 0 Å². The molecule has 4 nitrogen and oxygen atoms in total. The highest BCUT2D eigenvalue weighted by atomic mass is 32.2. The first kappa shape index (κ1) is 15.9.